The molecule has 0 saturated heterocycles. The molecule has 3 nitrogen and oxygen atoms in total. The summed E-state index contributed by atoms with van der Waals surface area (Å²) in [5, 5.41) is 2.90. The van der Waals surface area contributed by atoms with Crippen molar-refractivity contribution in [3.8, 4) is 0 Å². The molecule has 0 aromatic carbocycles. The van der Waals surface area contributed by atoms with Crippen LogP contribution in [-0.2, 0) is 0 Å². The minimum atomic E-state index is -0.705. The van der Waals surface area contributed by atoms with Crippen LogP contribution in [0.25, 0.3) is 0 Å². The Labute approximate surface area is 100 Å². The predicted octanol–water partition coefficient (Wildman–Crippen LogP) is 2.39. The highest BCUT2D eigenvalue weighted by Crippen LogP contribution is 2.31. The van der Waals surface area contributed by atoms with Gasteiger partial charge in [-0.15, -0.1) is 0 Å². The van der Waals surface area contributed by atoms with Crippen LogP contribution in [0.5, 0.6) is 0 Å². The van der Waals surface area contributed by atoms with Gasteiger partial charge in [-0.3, -0.25) is 4.79 Å². The van der Waals surface area contributed by atoms with Crippen LogP contribution in [0.15, 0.2) is 18.3 Å². The molecule has 3 atom stereocenters. The second kappa shape index (κ2) is 4.82. The largest absolute Gasteiger partial charge is 0.349 e. The summed E-state index contributed by atoms with van der Waals surface area (Å²) in [6.07, 6.45) is 3.42. The molecule has 3 unspecified atom stereocenters. The number of carbonyl (C=O) groups excluding carboxylic acids is 1. The third-order valence-electron chi connectivity index (χ3n) is 3.79. The van der Waals surface area contributed by atoms with Gasteiger partial charge in [0.25, 0.3) is 5.91 Å². The minimum Gasteiger partial charge on any atom is -0.349 e. The maximum absolute atomic E-state index is 13.3. The average molecular weight is 236 g/mol. The van der Waals surface area contributed by atoms with Crippen molar-refractivity contribution in [2.24, 2.45) is 11.8 Å². The number of nitrogens with one attached hydrogen (secondary N) is 1. The summed E-state index contributed by atoms with van der Waals surface area (Å²) in [5.74, 6) is -0.0111. The first-order valence-corrected chi connectivity index (χ1v) is 6.01. The smallest absolute Gasteiger partial charge is 0.256 e. The van der Waals surface area contributed by atoms with Crippen LogP contribution in [0.4, 0.5) is 4.39 Å². The number of pyridine rings is 1. The zero-order chi connectivity index (χ0) is 12.4. The van der Waals surface area contributed by atoms with Crippen LogP contribution < -0.4 is 5.32 Å². The van der Waals surface area contributed by atoms with E-state index in [1.165, 1.54) is 12.3 Å². The van der Waals surface area contributed by atoms with Crippen molar-refractivity contribution >= 4 is 5.91 Å². The molecule has 1 aromatic rings. The summed E-state index contributed by atoms with van der Waals surface area (Å²) in [6.45, 7) is 4.31. The van der Waals surface area contributed by atoms with Gasteiger partial charge in [0.2, 0.25) is 5.95 Å². The van der Waals surface area contributed by atoms with Crippen molar-refractivity contribution in [2.45, 2.75) is 32.7 Å². The molecule has 92 valence electrons. The molecule has 1 aliphatic rings. The summed E-state index contributed by atoms with van der Waals surface area (Å²) < 4.78 is 13.3. The van der Waals surface area contributed by atoms with E-state index in [4.69, 9.17) is 0 Å². The molecule has 0 spiro atoms. The lowest BCUT2D eigenvalue weighted by atomic mass is 9.97. The van der Waals surface area contributed by atoms with Crippen molar-refractivity contribution in [1.29, 1.82) is 0 Å². The molecule has 0 aliphatic heterocycles. The minimum absolute atomic E-state index is 0.0271. The Morgan fingerprint density at radius 1 is 1.47 bits per heavy atom. The fraction of sp³-hybridized carbons (Fsp3) is 0.538. The summed E-state index contributed by atoms with van der Waals surface area (Å²) in [6, 6.07) is 3.18. The Morgan fingerprint density at radius 3 is 2.82 bits per heavy atom. The van der Waals surface area contributed by atoms with Crippen LogP contribution in [0.1, 0.15) is 37.0 Å². The zero-order valence-corrected chi connectivity index (χ0v) is 10.1. The fourth-order valence-corrected chi connectivity index (χ4v) is 2.37. The van der Waals surface area contributed by atoms with Crippen LogP contribution >= 0.6 is 0 Å². The van der Waals surface area contributed by atoms with Crippen molar-refractivity contribution in [3.05, 3.63) is 29.8 Å². The highest BCUT2D eigenvalue weighted by Gasteiger charge is 2.31. The van der Waals surface area contributed by atoms with Crippen LogP contribution in [-0.4, -0.2) is 16.9 Å². The molecule has 2 rings (SSSR count). The lowest BCUT2D eigenvalue weighted by molar-refractivity contribution is 0.0922. The van der Waals surface area contributed by atoms with E-state index in [0.717, 1.165) is 12.8 Å². The number of aromatic nitrogens is 1. The number of nitrogens with zero attached hydrogens (tertiary/aromatic N) is 1. The van der Waals surface area contributed by atoms with E-state index < -0.39 is 5.95 Å². The number of rotatable bonds is 2. The number of amides is 1. The lowest BCUT2D eigenvalue weighted by Gasteiger charge is -2.19. The normalized spacial score (nSPS) is 28.1. The summed E-state index contributed by atoms with van der Waals surface area (Å²) in [7, 11) is 0. The number of halogens is 1. The van der Waals surface area contributed by atoms with E-state index in [1.807, 2.05) is 0 Å². The van der Waals surface area contributed by atoms with Crippen molar-refractivity contribution < 1.29 is 9.18 Å². The molecule has 1 aromatic heterocycles. The van der Waals surface area contributed by atoms with Crippen molar-refractivity contribution in [2.75, 3.05) is 0 Å². The Hall–Kier alpha value is -1.45. The maximum atomic E-state index is 13.3. The topological polar surface area (TPSA) is 42.0 Å². The van der Waals surface area contributed by atoms with E-state index in [-0.39, 0.29) is 17.5 Å². The standard InChI is InChI=1S/C13H17FN2O/c1-8-5-6-11(9(8)2)16-13(17)10-4-3-7-15-12(10)14/h3-4,7-9,11H,5-6H2,1-2H3,(H,16,17). The molecule has 1 N–H and O–H groups in total. The van der Waals surface area contributed by atoms with Gasteiger partial charge in [0.15, 0.2) is 0 Å². The first kappa shape index (κ1) is 12.0. The Kier molecular flexibility index (Phi) is 3.41. The van der Waals surface area contributed by atoms with Gasteiger partial charge in [-0.1, -0.05) is 13.8 Å². The summed E-state index contributed by atoms with van der Waals surface area (Å²) >= 11 is 0. The molecule has 4 heteroatoms. The molecule has 0 radical (unpaired) electrons. The van der Waals surface area contributed by atoms with E-state index >= 15 is 0 Å². The molecule has 1 fully saturated rings. The fourth-order valence-electron chi connectivity index (χ4n) is 2.37. The predicted molar refractivity (Wildman–Crippen MR) is 63.0 cm³/mol. The van der Waals surface area contributed by atoms with Gasteiger partial charge in [-0.2, -0.15) is 4.39 Å². The Bertz CT molecular complexity index is 422. The highest BCUT2D eigenvalue weighted by atomic mass is 19.1. The van der Waals surface area contributed by atoms with Crippen molar-refractivity contribution in [1.82, 2.24) is 10.3 Å². The van der Waals surface area contributed by atoms with Gasteiger partial charge in [-0.05, 0) is 36.8 Å². The first-order valence-electron chi connectivity index (χ1n) is 6.01. The third kappa shape index (κ3) is 2.46. The number of carbonyl (C=O) groups is 1. The van der Waals surface area contributed by atoms with Gasteiger partial charge in [0, 0.05) is 12.2 Å². The summed E-state index contributed by atoms with van der Waals surface area (Å²) in [5.41, 5.74) is 0.0271. The second-order valence-corrected chi connectivity index (χ2v) is 4.84. The van der Waals surface area contributed by atoms with Gasteiger partial charge >= 0.3 is 0 Å². The van der Waals surface area contributed by atoms with E-state index in [0.29, 0.717) is 11.8 Å². The van der Waals surface area contributed by atoms with Crippen molar-refractivity contribution in [3.63, 3.8) is 0 Å². The van der Waals surface area contributed by atoms with E-state index in [1.54, 1.807) is 6.07 Å². The molecule has 1 heterocycles. The molecular weight excluding hydrogens is 219 g/mol. The number of hydrogen-bond acceptors (Lipinski definition) is 2. The first-order chi connectivity index (χ1) is 8.09. The average Bonchev–Trinajstić information content (AvgIpc) is 2.61. The second-order valence-electron chi connectivity index (χ2n) is 4.84. The monoisotopic (exact) mass is 236 g/mol. The quantitative estimate of drug-likeness (QED) is 0.801. The van der Waals surface area contributed by atoms with E-state index in [2.05, 4.69) is 24.1 Å². The molecule has 1 aliphatic carbocycles. The lowest BCUT2D eigenvalue weighted by Crippen LogP contribution is -2.37. The summed E-state index contributed by atoms with van der Waals surface area (Å²) in [4.78, 5) is 15.4. The van der Waals surface area contributed by atoms with Crippen LogP contribution in [0.3, 0.4) is 0 Å². The van der Waals surface area contributed by atoms with Gasteiger partial charge in [0.05, 0.1) is 5.56 Å². The highest BCUT2D eigenvalue weighted by molar-refractivity contribution is 5.94. The van der Waals surface area contributed by atoms with Crippen LogP contribution in [0.2, 0.25) is 0 Å². The number of hydrogen-bond donors (Lipinski definition) is 1. The Balaban J connectivity index is 2.05. The molecule has 1 saturated carbocycles. The third-order valence-corrected chi connectivity index (χ3v) is 3.79. The molecule has 0 bridgehead atoms. The van der Waals surface area contributed by atoms with Gasteiger partial charge in [0.1, 0.15) is 0 Å². The zero-order valence-electron chi connectivity index (χ0n) is 10.1. The molecule has 1 amide bonds. The maximum Gasteiger partial charge on any atom is 0.256 e. The Morgan fingerprint density at radius 2 is 2.24 bits per heavy atom. The van der Waals surface area contributed by atoms with E-state index in [9.17, 15) is 9.18 Å². The molecular formula is C13H17FN2O. The van der Waals surface area contributed by atoms with Gasteiger partial charge < -0.3 is 5.32 Å². The molecule has 17 heavy (non-hydrogen) atoms. The van der Waals surface area contributed by atoms with Gasteiger partial charge in [-0.25, -0.2) is 4.98 Å². The van der Waals surface area contributed by atoms with Crippen LogP contribution in [0, 0.1) is 17.8 Å². The SMILES string of the molecule is CC1CCC(NC(=O)c2cccnc2F)C1C.